The van der Waals surface area contributed by atoms with Crippen molar-refractivity contribution < 1.29 is 19.2 Å². The van der Waals surface area contributed by atoms with Gasteiger partial charge in [0.05, 0.1) is 10.7 Å². The molecule has 0 saturated heterocycles. The number of hydrogen-bond donors (Lipinski definition) is 1. The molecule has 0 unspecified atom stereocenters. The predicted molar refractivity (Wildman–Crippen MR) is 105 cm³/mol. The van der Waals surface area contributed by atoms with Crippen molar-refractivity contribution in [3.8, 4) is 0 Å². The second-order valence-electron chi connectivity index (χ2n) is 5.55. The van der Waals surface area contributed by atoms with Gasteiger partial charge in [0.2, 0.25) is 0 Å². The standard InChI is InChI=1S/C18H17ClN2O5S/c1-12(18(23)20-15-3-2-4-16(9-15)21(24)25)26-17(22)11-27-10-13-5-7-14(19)8-6-13/h2-9,12H,10-11H2,1H3,(H,20,23)/t12-/m1/s1. The van der Waals surface area contributed by atoms with E-state index in [1.54, 1.807) is 12.1 Å². The fraction of sp³-hybridized carbons (Fsp3) is 0.222. The van der Waals surface area contributed by atoms with Gasteiger partial charge in [-0.3, -0.25) is 19.7 Å². The van der Waals surface area contributed by atoms with Crippen molar-refractivity contribution in [3.63, 3.8) is 0 Å². The average Bonchev–Trinajstić information content (AvgIpc) is 2.63. The molecule has 0 aromatic heterocycles. The molecule has 27 heavy (non-hydrogen) atoms. The van der Waals surface area contributed by atoms with Crippen LogP contribution in [0.2, 0.25) is 5.02 Å². The number of hydrogen-bond acceptors (Lipinski definition) is 6. The number of anilines is 1. The zero-order chi connectivity index (χ0) is 19.8. The van der Waals surface area contributed by atoms with E-state index in [0.717, 1.165) is 5.56 Å². The van der Waals surface area contributed by atoms with E-state index < -0.39 is 22.9 Å². The molecule has 2 aromatic carbocycles. The Balaban J connectivity index is 1.77. The van der Waals surface area contributed by atoms with Crippen molar-refractivity contribution in [2.45, 2.75) is 18.8 Å². The molecule has 1 amide bonds. The summed E-state index contributed by atoms with van der Waals surface area (Å²) in [4.78, 5) is 34.1. The first-order valence-corrected chi connectivity index (χ1v) is 9.45. The minimum absolute atomic E-state index is 0.0943. The first kappa shape index (κ1) is 20.7. The third-order valence-electron chi connectivity index (χ3n) is 3.40. The molecule has 9 heteroatoms. The summed E-state index contributed by atoms with van der Waals surface area (Å²) in [6.07, 6.45) is -1.02. The normalized spacial score (nSPS) is 11.5. The van der Waals surface area contributed by atoms with E-state index in [9.17, 15) is 19.7 Å². The largest absolute Gasteiger partial charge is 0.452 e. The van der Waals surface area contributed by atoms with Gasteiger partial charge in [-0.2, -0.15) is 0 Å². The van der Waals surface area contributed by atoms with E-state index in [1.807, 2.05) is 12.1 Å². The van der Waals surface area contributed by atoms with E-state index in [0.29, 0.717) is 10.8 Å². The molecule has 1 atom stereocenters. The Morgan fingerprint density at radius 2 is 1.96 bits per heavy atom. The van der Waals surface area contributed by atoms with E-state index in [4.69, 9.17) is 16.3 Å². The molecule has 0 radical (unpaired) electrons. The number of ether oxygens (including phenoxy) is 1. The van der Waals surface area contributed by atoms with Crippen LogP contribution in [0.3, 0.4) is 0 Å². The molecule has 0 saturated carbocycles. The van der Waals surface area contributed by atoms with Crippen LogP contribution in [0.1, 0.15) is 12.5 Å². The molecule has 7 nitrogen and oxygen atoms in total. The number of benzene rings is 2. The lowest BCUT2D eigenvalue weighted by Crippen LogP contribution is -2.30. The summed E-state index contributed by atoms with van der Waals surface area (Å²) in [5, 5.41) is 13.9. The minimum atomic E-state index is -1.02. The van der Waals surface area contributed by atoms with Gasteiger partial charge in [-0.25, -0.2) is 0 Å². The van der Waals surface area contributed by atoms with Crippen LogP contribution in [-0.4, -0.2) is 28.7 Å². The Kier molecular flexibility index (Phi) is 7.63. The SMILES string of the molecule is C[C@@H](OC(=O)CSCc1ccc(Cl)cc1)C(=O)Nc1cccc([N+](=O)[O-])c1. The quantitative estimate of drug-likeness (QED) is 0.402. The summed E-state index contributed by atoms with van der Waals surface area (Å²) < 4.78 is 5.09. The van der Waals surface area contributed by atoms with Crippen LogP contribution < -0.4 is 5.32 Å². The lowest BCUT2D eigenvalue weighted by molar-refractivity contribution is -0.384. The molecule has 0 spiro atoms. The zero-order valence-corrected chi connectivity index (χ0v) is 16.0. The topological polar surface area (TPSA) is 98.5 Å². The van der Waals surface area contributed by atoms with Gasteiger partial charge in [0, 0.05) is 28.6 Å². The number of esters is 1. The molecule has 0 aliphatic heterocycles. The molecule has 2 aromatic rings. The molecular formula is C18H17ClN2O5S. The molecule has 0 heterocycles. The van der Waals surface area contributed by atoms with E-state index in [2.05, 4.69) is 5.32 Å². The number of nitrogens with one attached hydrogen (secondary N) is 1. The van der Waals surface area contributed by atoms with Gasteiger partial charge in [-0.15, -0.1) is 11.8 Å². The lowest BCUT2D eigenvalue weighted by Gasteiger charge is -2.13. The van der Waals surface area contributed by atoms with Crippen LogP contribution in [0, 0.1) is 10.1 Å². The average molecular weight is 409 g/mol. The number of thioether (sulfide) groups is 1. The molecule has 2 rings (SSSR count). The van der Waals surface area contributed by atoms with Gasteiger partial charge >= 0.3 is 5.97 Å². The van der Waals surface area contributed by atoms with Gasteiger partial charge in [0.25, 0.3) is 11.6 Å². The molecule has 1 N–H and O–H groups in total. The van der Waals surface area contributed by atoms with Gasteiger partial charge < -0.3 is 10.1 Å². The second kappa shape index (κ2) is 9.94. The van der Waals surface area contributed by atoms with Gasteiger partial charge in [-0.05, 0) is 30.7 Å². The summed E-state index contributed by atoms with van der Waals surface area (Å²) >= 11 is 7.17. The number of halogens is 1. The molecule has 0 aliphatic carbocycles. The van der Waals surface area contributed by atoms with Crippen LogP contribution >= 0.6 is 23.4 Å². The summed E-state index contributed by atoms with van der Waals surface area (Å²) in [5.41, 5.74) is 1.14. The number of nitro groups is 1. The van der Waals surface area contributed by atoms with Gasteiger partial charge in [0.15, 0.2) is 6.10 Å². The van der Waals surface area contributed by atoms with Crippen LogP contribution in [0.4, 0.5) is 11.4 Å². The number of carbonyl (C=O) groups is 2. The second-order valence-corrected chi connectivity index (χ2v) is 6.97. The summed E-state index contributed by atoms with van der Waals surface area (Å²) in [6, 6.07) is 12.8. The maximum atomic E-state index is 12.1. The van der Waals surface area contributed by atoms with Crippen LogP contribution in [0.25, 0.3) is 0 Å². The van der Waals surface area contributed by atoms with E-state index in [-0.39, 0.29) is 17.1 Å². The minimum Gasteiger partial charge on any atom is -0.452 e. The lowest BCUT2D eigenvalue weighted by atomic mass is 10.2. The highest BCUT2D eigenvalue weighted by atomic mass is 35.5. The summed E-state index contributed by atoms with van der Waals surface area (Å²) in [7, 11) is 0. The molecule has 0 aliphatic rings. The Bertz CT molecular complexity index is 829. The number of nitro benzene ring substituents is 1. The highest BCUT2D eigenvalue weighted by molar-refractivity contribution is 7.99. The number of carbonyl (C=O) groups excluding carboxylic acids is 2. The maximum absolute atomic E-state index is 12.1. The van der Waals surface area contributed by atoms with Crippen molar-refractivity contribution in [2.75, 3.05) is 11.1 Å². The first-order valence-electron chi connectivity index (χ1n) is 7.92. The zero-order valence-electron chi connectivity index (χ0n) is 14.4. The number of nitrogens with zero attached hydrogens (tertiary/aromatic N) is 1. The van der Waals surface area contributed by atoms with Gasteiger partial charge in [0.1, 0.15) is 0 Å². The molecule has 0 bridgehead atoms. The highest BCUT2D eigenvalue weighted by Gasteiger charge is 2.18. The maximum Gasteiger partial charge on any atom is 0.316 e. The van der Waals surface area contributed by atoms with Crippen molar-refractivity contribution in [3.05, 3.63) is 69.2 Å². The number of non-ortho nitro benzene ring substituents is 1. The first-order chi connectivity index (χ1) is 12.8. The van der Waals surface area contributed by atoms with Crippen molar-refractivity contribution >= 4 is 46.6 Å². The molecule has 142 valence electrons. The van der Waals surface area contributed by atoms with Crippen LogP contribution in [-0.2, 0) is 20.1 Å². The fourth-order valence-corrected chi connectivity index (χ4v) is 2.95. The third kappa shape index (κ3) is 6.92. The van der Waals surface area contributed by atoms with Crippen LogP contribution in [0.5, 0.6) is 0 Å². The highest BCUT2D eigenvalue weighted by Crippen LogP contribution is 2.18. The van der Waals surface area contributed by atoms with Gasteiger partial charge in [-0.1, -0.05) is 29.8 Å². The Labute approximate surface area is 165 Å². The fourth-order valence-electron chi connectivity index (χ4n) is 2.06. The molecule has 0 fully saturated rings. The Hall–Kier alpha value is -2.58. The number of rotatable bonds is 8. The molecular weight excluding hydrogens is 392 g/mol. The smallest absolute Gasteiger partial charge is 0.316 e. The van der Waals surface area contributed by atoms with Crippen molar-refractivity contribution in [1.82, 2.24) is 0 Å². The van der Waals surface area contributed by atoms with Crippen molar-refractivity contribution in [1.29, 1.82) is 0 Å². The Morgan fingerprint density at radius 3 is 2.63 bits per heavy atom. The summed E-state index contributed by atoms with van der Waals surface area (Å²) in [5.74, 6) is -0.375. The number of amides is 1. The van der Waals surface area contributed by atoms with E-state index in [1.165, 1.54) is 43.0 Å². The van der Waals surface area contributed by atoms with Crippen molar-refractivity contribution in [2.24, 2.45) is 0 Å². The monoisotopic (exact) mass is 408 g/mol. The Morgan fingerprint density at radius 1 is 1.26 bits per heavy atom. The summed E-state index contributed by atoms with van der Waals surface area (Å²) in [6.45, 7) is 1.44. The van der Waals surface area contributed by atoms with Crippen LogP contribution in [0.15, 0.2) is 48.5 Å². The van der Waals surface area contributed by atoms with E-state index >= 15 is 0 Å². The third-order valence-corrected chi connectivity index (χ3v) is 4.63. The predicted octanol–water partition coefficient (Wildman–Crippen LogP) is 4.05.